The summed E-state index contributed by atoms with van der Waals surface area (Å²) in [6.07, 6.45) is 1.28. The van der Waals surface area contributed by atoms with Gasteiger partial charge in [0, 0.05) is 24.9 Å². The van der Waals surface area contributed by atoms with Crippen LogP contribution < -0.4 is 0 Å². The van der Waals surface area contributed by atoms with Crippen LogP contribution in [0, 0.1) is 12.3 Å². The van der Waals surface area contributed by atoms with Crippen molar-refractivity contribution in [3.05, 3.63) is 58.1 Å². The van der Waals surface area contributed by atoms with Crippen molar-refractivity contribution in [2.75, 3.05) is 0 Å². The molecule has 6 heteroatoms. The molecule has 144 valence electrons. The molecule has 1 atom stereocenters. The number of carboxylic acids is 1. The summed E-state index contributed by atoms with van der Waals surface area (Å²) in [7, 11) is 1.83. The van der Waals surface area contributed by atoms with Gasteiger partial charge in [0.25, 0.3) is 0 Å². The number of rotatable bonds is 4. The molecule has 4 rings (SSSR count). The van der Waals surface area contributed by atoms with Crippen molar-refractivity contribution in [1.29, 1.82) is 0 Å². The van der Waals surface area contributed by atoms with Crippen LogP contribution in [0.1, 0.15) is 58.8 Å². The maximum absolute atomic E-state index is 12.3. The van der Waals surface area contributed by atoms with Crippen LogP contribution in [0.25, 0.3) is 11.0 Å². The van der Waals surface area contributed by atoms with Gasteiger partial charge in [-0.2, -0.15) is 0 Å². The van der Waals surface area contributed by atoms with Crippen LogP contribution in [0.2, 0.25) is 0 Å². The molecule has 0 bridgehead atoms. The van der Waals surface area contributed by atoms with E-state index in [1.165, 1.54) is 0 Å². The monoisotopic (exact) mass is 377 g/mol. The Balaban J connectivity index is 1.96. The van der Waals surface area contributed by atoms with Crippen molar-refractivity contribution in [3.8, 4) is 0 Å². The highest BCUT2D eigenvalue weighted by molar-refractivity contribution is 6.00. The number of Topliss-reactive ketones (excluding diaryl/α,β-unsaturated/α-hetero) is 1. The molecule has 1 N–H and O–H groups in total. The predicted octanol–water partition coefficient (Wildman–Crippen LogP) is 3.65. The quantitative estimate of drug-likeness (QED) is 0.750. The number of aliphatic carboxylic acids is 1. The van der Waals surface area contributed by atoms with Gasteiger partial charge in [-0.15, -0.1) is 5.10 Å². The summed E-state index contributed by atoms with van der Waals surface area (Å²) in [4.78, 5) is 24.5. The molecule has 28 heavy (non-hydrogen) atoms. The van der Waals surface area contributed by atoms with Crippen LogP contribution in [0.15, 0.2) is 30.3 Å². The number of carbonyl (C=O) groups excluding carboxylic acids is 1. The molecule has 0 radical (unpaired) electrons. The first kappa shape index (κ1) is 18.3. The zero-order valence-corrected chi connectivity index (χ0v) is 16.5. The van der Waals surface area contributed by atoms with E-state index in [0.29, 0.717) is 6.42 Å². The molecule has 2 aromatic carbocycles. The van der Waals surface area contributed by atoms with Crippen molar-refractivity contribution in [3.63, 3.8) is 0 Å². The highest BCUT2D eigenvalue weighted by Crippen LogP contribution is 2.44. The Kier molecular flexibility index (Phi) is 4.10. The summed E-state index contributed by atoms with van der Waals surface area (Å²) >= 11 is 0. The second-order valence-electron chi connectivity index (χ2n) is 8.16. The third-order valence-corrected chi connectivity index (χ3v) is 6.05. The van der Waals surface area contributed by atoms with Crippen LogP contribution >= 0.6 is 0 Å². The number of aromatic nitrogens is 3. The zero-order chi connectivity index (χ0) is 20.2. The van der Waals surface area contributed by atoms with Crippen molar-refractivity contribution >= 4 is 22.8 Å². The minimum atomic E-state index is -1.07. The molecule has 0 aliphatic heterocycles. The molecule has 0 fully saturated rings. The molecule has 1 unspecified atom stereocenters. The second-order valence-corrected chi connectivity index (χ2v) is 8.16. The molecule has 1 aliphatic rings. The molecular weight excluding hydrogens is 354 g/mol. The number of ketones is 1. The summed E-state index contributed by atoms with van der Waals surface area (Å²) in [6, 6.07) is 9.72. The molecule has 1 aromatic heterocycles. The fraction of sp³-hybridized carbons (Fsp3) is 0.364. The SMILES string of the molecule is Cc1c(C(c2ccc3c(c2)C(=O)CC3)C(C)(C)C(=O)O)ccc2c1nnn2C. The lowest BCUT2D eigenvalue weighted by atomic mass is 9.69. The Hall–Kier alpha value is -3.02. The van der Waals surface area contributed by atoms with E-state index in [4.69, 9.17) is 0 Å². The summed E-state index contributed by atoms with van der Waals surface area (Å²) in [6.45, 7) is 5.42. The van der Waals surface area contributed by atoms with E-state index in [1.54, 1.807) is 18.5 Å². The molecule has 0 amide bonds. The average Bonchev–Trinajstić information content (AvgIpc) is 3.21. The van der Waals surface area contributed by atoms with Gasteiger partial charge < -0.3 is 5.11 Å². The Morgan fingerprint density at radius 2 is 1.96 bits per heavy atom. The Labute approximate surface area is 163 Å². The van der Waals surface area contributed by atoms with E-state index in [0.717, 1.165) is 45.3 Å². The van der Waals surface area contributed by atoms with Crippen molar-refractivity contribution < 1.29 is 14.7 Å². The van der Waals surface area contributed by atoms with E-state index in [1.807, 2.05) is 44.3 Å². The number of carboxylic acid groups (broad SMARTS) is 1. The van der Waals surface area contributed by atoms with Gasteiger partial charge in [0.2, 0.25) is 0 Å². The van der Waals surface area contributed by atoms with Crippen LogP contribution in [-0.2, 0) is 18.3 Å². The largest absolute Gasteiger partial charge is 0.481 e. The number of carbonyl (C=O) groups is 2. The Bertz CT molecular complexity index is 1130. The van der Waals surface area contributed by atoms with E-state index in [9.17, 15) is 14.7 Å². The predicted molar refractivity (Wildman–Crippen MR) is 106 cm³/mol. The summed E-state index contributed by atoms with van der Waals surface area (Å²) in [5, 5.41) is 18.3. The van der Waals surface area contributed by atoms with Crippen molar-refractivity contribution in [2.45, 2.75) is 39.5 Å². The maximum Gasteiger partial charge on any atom is 0.310 e. The molecule has 0 saturated carbocycles. The van der Waals surface area contributed by atoms with Crippen LogP contribution in [0.5, 0.6) is 0 Å². The lowest BCUT2D eigenvalue weighted by Crippen LogP contribution is -2.32. The zero-order valence-electron chi connectivity index (χ0n) is 16.5. The van der Waals surface area contributed by atoms with Gasteiger partial charge in [-0.1, -0.05) is 23.4 Å². The molecule has 0 spiro atoms. The van der Waals surface area contributed by atoms with Crippen LogP contribution in [-0.4, -0.2) is 31.9 Å². The topological polar surface area (TPSA) is 85.1 Å². The van der Waals surface area contributed by atoms with E-state index < -0.39 is 17.3 Å². The highest BCUT2D eigenvalue weighted by Gasteiger charge is 2.40. The summed E-state index contributed by atoms with van der Waals surface area (Å²) in [5.41, 5.74) is 5.01. The van der Waals surface area contributed by atoms with Crippen molar-refractivity contribution in [1.82, 2.24) is 15.0 Å². The highest BCUT2D eigenvalue weighted by atomic mass is 16.4. The van der Waals surface area contributed by atoms with Crippen LogP contribution in [0.4, 0.5) is 0 Å². The third-order valence-electron chi connectivity index (χ3n) is 6.05. The average molecular weight is 377 g/mol. The number of aryl methyl sites for hydroxylation is 3. The van der Waals surface area contributed by atoms with Gasteiger partial charge in [0.1, 0.15) is 5.52 Å². The number of hydrogen-bond donors (Lipinski definition) is 1. The van der Waals surface area contributed by atoms with Gasteiger partial charge in [-0.05, 0) is 61.6 Å². The molecular formula is C22H23N3O3. The number of fused-ring (bicyclic) bond motifs is 2. The van der Waals surface area contributed by atoms with E-state index >= 15 is 0 Å². The lowest BCUT2D eigenvalue weighted by molar-refractivity contribution is -0.147. The first-order valence-corrected chi connectivity index (χ1v) is 9.40. The minimum absolute atomic E-state index is 0.129. The van der Waals surface area contributed by atoms with Gasteiger partial charge in [0.05, 0.1) is 10.9 Å². The van der Waals surface area contributed by atoms with Crippen molar-refractivity contribution in [2.24, 2.45) is 12.5 Å². The van der Waals surface area contributed by atoms with E-state index in [-0.39, 0.29) is 5.78 Å². The van der Waals surface area contributed by atoms with Gasteiger partial charge in [0.15, 0.2) is 5.78 Å². The molecule has 3 aromatic rings. The molecule has 6 nitrogen and oxygen atoms in total. The second kappa shape index (κ2) is 6.26. The Morgan fingerprint density at radius 1 is 1.21 bits per heavy atom. The van der Waals surface area contributed by atoms with Gasteiger partial charge in [-0.25, -0.2) is 4.68 Å². The summed E-state index contributed by atoms with van der Waals surface area (Å²) < 4.78 is 1.71. The fourth-order valence-electron chi connectivity index (χ4n) is 4.30. The fourth-order valence-corrected chi connectivity index (χ4v) is 4.30. The Morgan fingerprint density at radius 3 is 2.68 bits per heavy atom. The summed E-state index contributed by atoms with van der Waals surface area (Å²) in [5.74, 6) is -1.18. The van der Waals surface area contributed by atoms with Gasteiger partial charge >= 0.3 is 5.97 Å². The number of hydrogen-bond acceptors (Lipinski definition) is 4. The minimum Gasteiger partial charge on any atom is -0.481 e. The normalized spacial score (nSPS) is 15.1. The number of benzene rings is 2. The smallest absolute Gasteiger partial charge is 0.310 e. The maximum atomic E-state index is 12.3. The standard InChI is InChI=1S/C22H23N3O3/c1-12-15(8-9-17-20(12)23-24-25(17)4)19(22(2,3)21(27)28)14-6-5-13-7-10-18(26)16(13)11-14/h5-6,8-9,11,19H,7,10H2,1-4H3,(H,27,28). The lowest BCUT2D eigenvalue weighted by Gasteiger charge is -2.32. The van der Waals surface area contributed by atoms with Gasteiger partial charge in [-0.3, -0.25) is 9.59 Å². The molecule has 0 saturated heterocycles. The first-order chi connectivity index (χ1) is 13.2. The molecule has 1 heterocycles. The third kappa shape index (κ3) is 2.63. The molecule has 1 aliphatic carbocycles. The van der Waals surface area contributed by atoms with Crippen LogP contribution in [0.3, 0.4) is 0 Å². The first-order valence-electron chi connectivity index (χ1n) is 9.40. The number of nitrogens with zero attached hydrogens (tertiary/aromatic N) is 3. The van der Waals surface area contributed by atoms with E-state index in [2.05, 4.69) is 10.3 Å².